The minimum absolute atomic E-state index is 0.155. The summed E-state index contributed by atoms with van der Waals surface area (Å²) in [6.07, 6.45) is 4.94. The second-order valence-corrected chi connectivity index (χ2v) is 8.34. The summed E-state index contributed by atoms with van der Waals surface area (Å²) in [5, 5.41) is 2.92. The topological polar surface area (TPSA) is 79.0 Å². The molecular formula is C23H28FN3O4. The number of carbonyl (C=O) groups is 3. The quantitative estimate of drug-likeness (QED) is 0.550. The molecule has 1 N–H and O–H groups in total. The number of likely N-dealkylation sites (tertiary alicyclic amines) is 1. The van der Waals surface area contributed by atoms with Crippen molar-refractivity contribution in [3.05, 3.63) is 47.8 Å². The number of hydrogen-bond acceptors (Lipinski definition) is 5. The number of benzene rings is 1. The van der Waals surface area contributed by atoms with Crippen molar-refractivity contribution in [2.45, 2.75) is 31.8 Å². The monoisotopic (exact) mass is 429 g/mol. The molecule has 2 aliphatic heterocycles. The van der Waals surface area contributed by atoms with Crippen LogP contribution in [0.4, 0.5) is 4.39 Å². The van der Waals surface area contributed by atoms with Crippen LogP contribution in [-0.2, 0) is 19.1 Å². The third kappa shape index (κ3) is 4.41. The molecule has 1 aliphatic carbocycles. The van der Waals surface area contributed by atoms with E-state index < -0.39 is 6.04 Å². The number of halogens is 1. The van der Waals surface area contributed by atoms with Gasteiger partial charge in [0.2, 0.25) is 17.7 Å². The summed E-state index contributed by atoms with van der Waals surface area (Å²) in [6, 6.07) is 5.23. The predicted molar refractivity (Wildman–Crippen MR) is 111 cm³/mol. The van der Waals surface area contributed by atoms with Crippen LogP contribution in [-0.4, -0.2) is 66.4 Å². The number of allylic oxidation sites excluding steroid dienone is 2. The molecular weight excluding hydrogens is 401 g/mol. The Labute approximate surface area is 181 Å². The van der Waals surface area contributed by atoms with Gasteiger partial charge in [0, 0.05) is 19.6 Å². The van der Waals surface area contributed by atoms with Gasteiger partial charge in [-0.25, -0.2) is 4.39 Å². The van der Waals surface area contributed by atoms with Gasteiger partial charge in [0.05, 0.1) is 31.1 Å². The number of ether oxygens (including phenoxy) is 1. The highest BCUT2D eigenvalue weighted by molar-refractivity contribution is 6.08. The highest BCUT2D eigenvalue weighted by atomic mass is 19.1. The Bertz CT molecular complexity index is 840. The van der Waals surface area contributed by atoms with Crippen molar-refractivity contribution in [1.29, 1.82) is 0 Å². The lowest BCUT2D eigenvalue weighted by Crippen LogP contribution is -2.50. The van der Waals surface area contributed by atoms with Gasteiger partial charge in [-0.3, -0.25) is 24.2 Å². The summed E-state index contributed by atoms with van der Waals surface area (Å²) < 4.78 is 18.8. The number of nitrogens with one attached hydrogen (secondary N) is 1. The maximum atomic E-state index is 13.4. The van der Waals surface area contributed by atoms with E-state index in [9.17, 15) is 18.8 Å². The first-order valence-electron chi connectivity index (χ1n) is 10.8. The average Bonchev–Trinajstić information content (AvgIpc) is 3.05. The van der Waals surface area contributed by atoms with Gasteiger partial charge in [0.25, 0.3) is 0 Å². The Balaban J connectivity index is 1.44. The van der Waals surface area contributed by atoms with Gasteiger partial charge < -0.3 is 10.1 Å². The Kier molecular flexibility index (Phi) is 6.48. The third-order valence-corrected chi connectivity index (χ3v) is 6.52. The molecule has 3 aliphatic rings. The number of fused-ring (bicyclic) bond motifs is 1. The second kappa shape index (κ2) is 9.28. The fraction of sp³-hybridized carbons (Fsp3) is 0.522. The average molecular weight is 429 g/mol. The molecule has 2 heterocycles. The van der Waals surface area contributed by atoms with Crippen LogP contribution in [0.25, 0.3) is 0 Å². The number of morpholine rings is 1. The smallest absolute Gasteiger partial charge is 0.243 e. The Morgan fingerprint density at radius 2 is 1.68 bits per heavy atom. The molecule has 0 saturated carbocycles. The molecule has 7 nitrogen and oxygen atoms in total. The van der Waals surface area contributed by atoms with Gasteiger partial charge in [-0.15, -0.1) is 0 Å². The van der Waals surface area contributed by atoms with E-state index in [0.29, 0.717) is 45.7 Å². The van der Waals surface area contributed by atoms with Crippen LogP contribution in [0.3, 0.4) is 0 Å². The summed E-state index contributed by atoms with van der Waals surface area (Å²) in [4.78, 5) is 41.8. The normalized spacial score (nSPS) is 25.9. The predicted octanol–water partition coefficient (Wildman–Crippen LogP) is 1.65. The van der Waals surface area contributed by atoms with Crippen LogP contribution in [0.15, 0.2) is 36.4 Å². The molecule has 1 aromatic rings. The number of hydrogen-bond donors (Lipinski definition) is 1. The van der Waals surface area contributed by atoms with Crippen LogP contribution in [0.5, 0.6) is 0 Å². The maximum Gasteiger partial charge on any atom is 0.243 e. The highest BCUT2D eigenvalue weighted by Gasteiger charge is 2.50. The largest absolute Gasteiger partial charge is 0.379 e. The standard InChI is InChI=1S/C23H28FN3O4/c1-15(27-22(29)18-4-2-3-5-19(18)23(27)30)21(28)25-14-20(26-10-12-31-13-11-26)16-6-8-17(24)9-7-16/h2-3,6-9,15,18-20H,4-5,10-14H2,1H3,(H,25,28). The zero-order valence-corrected chi connectivity index (χ0v) is 17.6. The molecule has 2 fully saturated rings. The fourth-order valence-electron chi connectivity index (χ4n) is 4.70. The minimum Gasteiger partial charge on any atom is -0.379 e. The summed E-state index contributed by atoms with van der Waals surface area (Å²) in [7, 11) is 0. The van der Waals surface area contributed by atoms with Crippen molar-refractivity contribution in [2.75, 3.05) is 32.8 Å². The summed E-state index contributed by atoms with van der Waals surface area (Å²) >= 11 is 0. The first-order chi connectivity index (χ1) is 15.0. The molecule has 0 spiro atoms. The number of rotatable bonds is 6. The SMILES string of the molecule is CC(C(=O)NCC(c1ccc(F)cc1)N1CCOCC1)N1C(=O)C2CC=CCC2C1=O. The molecule has 3 amide bonds. The number of carbonyl (C=O) groups excluding carboxylic acids is 3. The van der Waals surface area contributed by atoms with E-state index in [0.717, 1.165) is 10.5 Å². The van der Waals surface area contributed by atoms with E-state index in [1.165, 1.54) is 12.1 Å². The molecule has 31 heavy (non-hydrogen) atoms. The summed E-state index contributed by atoms with van der Waals surface area (Å²) in [6.45, 7) is 4.47. The second-order valence-electron chi connectivity index (χ2n) is 8.34. The van der Waals surface area contributed by atoms with E-state index in [1.54, 1.807) is 19.1 Å². The molecule has 0 radical (unpaired) electrons. The fourth-order valence-corrected chi connectivity index (χ4v) is 4.70. The molecule has 2 saturated heterocycles. The zero-order valence-electron chi connectivity index (χ0n) is 17.6. The van der Waals surface area contributed by atoms with Gasteiger partial charge in [-0.2, -0.15) is 0 Å². The third-order valence-electron chi connectivity index (χ3n) is 6.52. The van der Waals surface area contributed by atoms with Crippen molar-refractivity contribution in [2.24, 2.45) is 11.8 Å². The first-order valence-corrected chi connectivity index (χ1v) is 10.8. The van der Waals surface area contributed by atoms with Crippen molar-refractivity contribution >= 4 is 17.7 Å². The van der Waals surface area contributed by atoms with Crippen LogP contribution in [0.1, 0.15) is 31.4 Å². The van der Waals surface area contributed by atoms with Crippen LogP contribution >= 0.6 is 0 Å². The number of imide groups is 1. The van der Waals surface area contributed by atoms with E-state index in [2.05, 4.69) is 10.2 Å². The molecule has 166 valence electrons. The molecule has 0 bridgehead atoms. The van der Waals surface area contributed by atoms with Crippen molar-refractivity contribution in [3.63, 3.8) is 0 Å². The molecule has 1 aromatic carbocycles. The van der Waals surface area contributed by atoms with E-state index >= 15 is 0 Å². The van der Waals surface area contributed by atoms with Crippen LogP contribution in [0.2, 0.25) is 0 Å². The van der Waals surface area contributed by atoms with Gasteiger partial charge in [-0.1, -0.05) is 24.3 Å². The van der Waals surface area contributed by atoms with Crippen molar-refractivity contribution < 1.29 is 23.5 Å². The van der Waals surface area contributed by atoms with Crippen LogP contribution < -0.4 is 5.32 Å². The molecule has 0 aromatic heterocycles. The molecule has 4 rings (SSSR count). The van der Waals surface area contributed by atoms with Crippen LogP contribution in [0, 0.1) is 17.7 Å². The minimum atomic E-state index is -0.871. The molecule has 4 atom stereocenters. The van der Waals surface area contributed by atoms with Gasteiger partial charge in [0.15, 0.2) is 0 Å². The highest BCUT2D eigenvalue weighted by Crippen LogP contribution is 2.36. The lowest BCUT2D eigenvalue weighted by molar-refractivity contribution is -0.147. The van der Waals surface area contributed by atoms with Crippen molar-refractivity contribution in [3.8, 4) is 0 Å². The first kappa shape index (κ1) is 21.6. The number of nitrogens with zero attached hydrogens (tertiary/aromatic N) is 2. The number of amides is 3. The Morgan fingerprint density at radius 1 is 1.10 bits per heavy atom. The zero-order chi connectivity index (χ0) is 22.0. The molecule has 4 unspecified atom stereocenters. The lowest BCUT2D eigenvalue weighted by atomic mass is 9.85. The summed E-state index contributed by atoms with van der Waals surface area (Å²) in [5.41, 5.74) is 0.890. The van der Waals surface area contributed by atoms with Gasteiger partial charge in [0.1, 0.15) is 11.9 Å². The Morgan fingerprint density at radius 3 is 2.26 bits per heavy atom. The van der Waals surface area contributed by atoms with Gasteiger partial charge >= 0.3 is 0 Å². The van der Waals surface area contributed by atoms with E-state index in [1.807, 2.05) is 12.2 Å². The Hall–Kier alpha value is -2.58. The van der Waals surface area contributed by atoms with Gasteiger partial charge in [-0.05, 0) is 37.5 Å². The lowest BCUT2D eigenvalue weighted by Gasteiger charge is -2.35. The maximum absolute atomic E-state index is 13.4. The summed E-state index contributed by atoms with van der Waals surface area (Å²) in [5.74, 6) is -1.91. The van der Waals surface area contributed by atoms with E-state index in [4.69, 9.17) is 4.74 Å². The van der Waals surface area contributed by atoms with E-state index in [-0.39, 0.29) is 41.4 Å². The molecule has 8 heteroatoms. The van der Waals surface area contributed by atoms with Crippen molar-refractivity contribution in [1.82, 2.24) is 15.1 Å².